The number of rotatable bonds is 5. The molecule has 0 saturated carbocycles. The fourth-order valence-corrected chi connectivity index (χ4v) is 4.88. The third-order valence-corrected chi connectivity index (χ3v) is 7.29. The lowest BCUT2D eigenvalue weighted by molar-refractivity contribution is 0.0827. The molecule has 0 radical (unpaired) electrons. The van der Waals surface area contributed by atoms with Crippen molar-refractivity contribution >= 4 is 38.9 Å². The van der Waals surface area contributed by atoms with Crippen LogP contribution in [0.15, 0.2) is 24.4 Å². The second-order valence-corrected chi connectivity index (χ2v) is 10.9. The van der Waals surface area contributed by atoms with Crippen LogP contribution in [0.2, 0.25) is 0 Å². The molecular weight excluding hydrogens is 473 g/mol. The van der Waals surface area contributed by atoms with E-state index in [1.54, 1.807) is 19.0 Å². The second-order valence-electron chi connectivity index (χ2n) is 7.45. The fraction of sp³-hybridized carbons (Fsp3) is 0.316. The molecule has 0 atom stereocenters. The topological polar surface area (TPSA) is 151 Å². The van der Waals surface area contributed by atoms with Gasteiger partial charge in [-0.05, 0) is 18.2 Å². The smallest absolute Gasteiger partial charge is 0.327 e. The summed E-state index contributed by atoms with van der Waals surface area (Å²) < 4.78 is 40.1. The largest absolute Gasteiger partial charge is 0.421 e. The Morgan fingerprint density at radius 2 is 1.97 bits per heavy atom. The average molecular weight is 496 g/mol. The molecule has 3 heterocycles. The van der Waals surface area contributed by atoms with Gasteiger partial charge in [0.1, 0.15) is 0 Å². The second kappa shape index (κ2) is 9.05. The van der Waals surface area contributed by atoms with Crippen LogP contribution in [0.25, 0.3) is 10.7 Å². The average Bonchev–Trinajstić information content (AvgIpc) is 3.20. The summed E-state index contributed by atoms with van der Waals surface area (Å²) in [6, 6.07) is 3.70. The molecule has 0 aliphatic carbocycles. The number of nitrogens with two attached hydrogens (primary N) is 1. The number of carbonyl (C=O) groups is 1. The minimum absolute atomic E-state index is 0.162. The molecule has 1 saturated heterocycles. The van der Waals surface area contributed by atoms with Crippen LogP contribution < -0.4 is 15.4 Å². The van der Waals surface area contributed by atoms with Crippen LogP contribution >= 0.6 is 21.9 Å². The summed E-state index contributed by atoms with van der Waals surface area (Å²) in [7, 11) is 0.534. The standard InChI is InChI=1S/C19H22FN7O4S2/c1-26(2)16(28)11-3-4-13(12(20)9-11)31-19-24-15(14-10-22-17(21)32-14)23-18(25-19)27-5-7-33(29,30)8-6-27/h3-4,9-10,29-30H,5-8H2,1-2H3,(H2,21,22). The summed E-state index contributed by atoms with van der Waals surface area (Å²) in [6.07, 6.45) is 1.51. The van der Waals surface area contributed by atoms with Gasteiger partial charge >= 0.3 is 6.01 Å². The van der Waals surface area contributed by atoms with Crippen molar-refractivity contribution in [3.63, 3.8) is 0 Å². The highest BCUT2D eigenvalue weighted by Gasteiger charge is 2.26. The van der Waals surface area contributed by atoms with Crippen LogP contribution in [0.1, 0.15) is 10.4 Å². The van der Waals surface area contributed by atoms with Gasteiger partial charge in [-0.2, -0.15) is 25.5 Å². The molecular formula is C19H22FN7O4S2. The van der Waals surface area contributed by atoms with Crippen molar-refractivity contribution in [2.24, 2.45) is 0 Å². The molecule has 1 aromatic carbocycles. The molecule has 0 unspecified atom stereocenters. The first kappa shape index (κ1) is 23.1. The number of thiazole rings is 1. The van der Waals surface area contributed by atoms with Crippen molar-refractivity contribution in [3.05, 3.63) is 35.8 Å². The highest BCUT2D eigenvalue weighted by atomic mass is 32.3. The summed E-state index contributed by atoms with van der Waals surface area (Å²) in [6.45, 7) is 0.650. The van der Waals surface area contributed by atoms with Crippen molar-refractivity contribution in [2.45, 2.75) is 0 Å². The van der Waals surface area contributed by atoms with Crippen LogP contribution in [0, 0.1) is 5.82 Å². The van der Waals surface area contributed by atoms with Crippen LogP contribution in [-0.4, -0.2) is 78.5 Å². The molecule has 3 aromatic rings. The van der Waals surface area contributed by atoms with Crippen molar-refractivity contribution in [1.29, 1.82) is 0 Å². The normalized spacial score (nSPS) is 16.3. The van der Waals surface area contributed by atoms with Crippen molar-refractivity contribution in [1.82, 2.24) is 24.8 Å². The zero-order chi connectivity index (χ0) is 23.8. The maximum Gasteiger partial charge on any atom is 0.327 e. The summed E-state index contributed by atoms with van der Waals surface area (Å²) in [5.74, 6) is -0.395. The Bertz CT molecular complexity index is 1180. The van der Waals surface area contributed by atoms with E-state index in [-0.39, 0.29) is 46.5 Å². The SMILES string of the molecule is CN(C)C(=O)c1ccc(Oc2nc(-c3cnc(N)s3)nc(N3CCS(O)(O)CC3)n2)c(F)c1. The first-order valence-electron chi connectivity index (χ1n) is 9.77. The molecule has 1 aliphatic heterocycles. The Hall–Kier alpha value is -3.07. The third-order valence-electron chi connectivity index (χ3n) is 4.79. The molecule has 0 spiro atoms. The first-order valence-corrected chi connectivity index (χ1v) is 12.5. The number of nitrogen functional groups attached to an aromatic ring is 1. The number of nitrogens with zero attached hydrogens (tertiary/aromatic N) is 6. The number of halogens is 1. The number of anilines is 2. The molecule has 4 rings (SSSR count). The highest BCUT2D eigenvalue weighted by Crippen LogP contribution is 2.41. The van der Waals surface area contributed by atoms with Crippen molar-refractivity contribution in [2.75, 3.05) is 49.3 Å². The third kappa shape index (κ3) is 5.30. The van der Waals surface area contributed by atoms with Gasteiger partial charge in [-0.25, -0.2) is 9.37 Å². The predicted octanol–water partition coefficient (Wildman–Crippen LogP) is 2.78. The number of amides is 1. The van der Waals surface area contributed by atoms with Crippen molar-refractivity contribution in [3.8, 4) is 22.5 Å². The maximum atomic E-state index is 14.7. The molecule has 176 valence electrons. The van der Waals surface area contributed by atoms with E-state index in [0.717, 1.165) is 6.07 Å². The maximum absolute atomic E-state index is 14.7. The van der Waals surface area contributed by atoms with Gasteiger partial charge in [0.15, 0.2) is 22.5 Å². The highest BCUT2D eigenvalue weighted by molar-refractivity contribution is 8.24. The quantitative estimate of drug-likeness (QED) is 0.482. The zero-order valence-corrected chi connectivity index (χ0v) is 19.4. The number of benzene rings is 1. The molecule has 2 aromatic heterocycles. The Morgan fingerprint density at radius 3 is 2.58 bits per heavy atom. The Labute approximate surface area is 194 Å². The van der Waals surface area contributed by atoms with E-state index in [1.807, 2.05) is 0 Å². The lowest BCUT2D eigenvalue weighted by Crippen LogP contribution is -2.39. The summed E-state index contributed by atoms with van der Waals surface area (Å²) in [4.78, 5) is 32.8. The van der Waals surface area contributed by atoms with Gasteiger partial charge in [-0.3, -0.25) is 13.9 Å². The molecule has 11 nitrogen and oxygen atoms in total. The van der Waals surface area contributed by atoms with E-state index in [4.69, 9.17) is 10.5 Å². The molecule has 1 amide bonds. The summed E-state index contributed by atoms with van der Waals surface area (Å²) >= 11 is 1.17. The lowest BCUT2D eigenvalue weighted by Gasteiger charge is -2.40. The van der Waals surface area contributed by atoms with E-state index in [0.29, 0.717) is 23.1 Å². The van der Waals surface area contributed by atoms with E-state index >= 15 is 0 Å². The van der Waals surface area contributed by atoms with Gasteiger partial charge in [-0.1, -0.05) is 11.3 Å². The Morgan fingerprint density at radius 1 is 1.24 bits per heavy atom. The Balaban J connectivity index is 1.67. The molecule has 33 heavy (non-hydrogen) atoms. The van der Waals surface area contributed by atoms with Crippen LogP contribution in [0.3, 0.4) is 0 Å². The number of aromatic nitrogens is 4. The fourth-order valence-electron chi connectivity index (χ4n) is 3.03. The van der Waals surface area contributed by atoms with Crippen LogP contribution in [0.5, 0.6) is 11.8 Å². The molecule has 1 aliphatic rings. The van der Waals surface area contributed by atoms with Crippen molar-refractivity contribution < 1.29 is 23.0 Å². The van der Waals surface area contributed by atoms with E-state index in [1.165, 1.54) is 34.6 Å². The summed E-state index contributed by atoms with van der Waals surface area (Å²) in [5.41, 5.74) is 5.90. The van der Waals surface area contributed by atoms with Gasteiger partial charge in [0.05, 0.1) is 22.6 Å². The molecule has 0 bridgehead atoms. The predicted molar refractivity (Wildman–Crippen MR) is 125 cm³/mol. The number of carbonyl (C=O) groups excluding carboxylic acids is 1. The van der Waals surface area contributed by atoms with E-state index in [2.05, 4.69) is 19.9 Å². The number of hydrogen-bond donors (Lipinski definition) is 3. The van der Waals surface area contributed by atoms with E-state index < -0.39 is 16.4 Å². The Kier molecular flexibility index (Phi) is 6.34. The number of ether oxygens (including phenoxy) is 1. The van der Waals surface area contributed by atoms with Gasteiger partial charge in [0.25, 0.3) is 5.91 Å². The van der Waals surface area contributed by atoms with E-state index in [9.17, 15) is 18.3 Å². The zero-order valence-electron chi connectivity index (χ0n) is 17.8. The monoisotopic (exact) mass is 495 g/mol. The van der Waals surface area contributed by atoms with Crippen LogP contribution in [-0.2, 0) is 0 Å². The minimum Gasteiger partial charge on any atom is -0.421 e. The van der Waals surface area contributed by atoms with Gasteiger partial charge in [-0.15, -0.1) is 0 Å². The lowest BCUT2D eigenvalue weighted by atomic mass is 10.2. The van der Waals surface area contributed by atoms with Crippen LogP contribution in [0.4, 0.5) is 15.5 Å². The minimum atomic E-state index is -2.61. The molecule has 14 heteroatoms. The van der Waals surface area contributed by atoms with Gasteiger partial charge in [0, 0.05) is 32.7 Å². The molecule has 4 N–H and O–H groups in total. The number of hydrogen-bond acceptors (Lipinski definition) is 11. The summed E-state index contributed by atoms with van der Waals surface area (Å²) in [5, 5.41) is 0.327. The first-order chi connectivity index (χ1) is 15.6. The van der Waals surface area contributed by atoms with Gasteiger partial charge < -0.3 is 20.3 Å². The molecule has 1 fully saturated rings. The van der Waals surface area contributed by atoms with Gasteiger partial charge in [0.2, 0.25) is 5.95 Å².